The van der Waals surface area contributed by atoms with Crippen molar-refractivity contribution in [3.05, 3.63) is 63.5 Å². The van der Waals surface area contributed by atoms with E-state index in [0.29, 0.717) is 23.5 Å². The van der Waals surface area contributed by atoms with Crippen LogP contribution in [0.3, 0.4) is 0 Å². The summed E-state index contributed by atoms with van der Waals surface area (Å²) in [7, 11) is 1.45. The van der Waals surface area contributed by atoms with Gasteiger partial charge in [-0.2, -0.15) is 0 Å². The lowest BCUT2D eigenvalue weighted by Crippen LogP contribution is -2.03. The summed E-state index contributed by atoms with van der Waals surface area (Å²) in [6, 6.07) is 9.33. The summed E-state index contributed by atoms with van der Waals surface area (Å²) in [5.41, 5.74) is 1.72. The normalized spacial score (nSPS) is 10.2. The van der Waals surface area contributed by atoms with E-state index in [9.17, 15) is 14.5 Å². The Morgan fingerprint density at radius 1 is 1.29 bits per heavy atom. The zero-order chi connectivity index (χ0) is 15.4. The Bertz CT molecular complexity index is 674. The van der Waals surface area contributed by atoms with Crippen molar-refractivity contribution in [2.75, 3.05) is 12.4 Å². The van der Waals surface area contributed by atoms with Crippen molar-refractivity contribution in [2.24, 2.45) is 0 Å². The highest BCUT2D eigenvalue weighted by Gasteiger charge is 2.14. The third-order valence-corrected chi connectivity index (χ3v) is 3.11. The second-order valence-corrected chi connectivity index (χ2v) is 4.58. The fraction of sp³-hybridized carbons (Fsp3) is 0.200. The number of ether oxygens (including phenoxy) is 1. The predicted octanol–water partition coefficient (Wildman–Crippen LogP) is 3.66. The Hall–Kier alpha value is -2.63. The van der Waals surface area contributed by atoms with Crippen LogP contribution in [0.25, 0.3) is 0 Å². The first-order chi connectivity index (χ1) is 10.0. The van der Waals surface area contributed by atoms with Gasteiger partial charge in [-0.05, 0) is 36.2 Å². The monoisotopic (exact) mass is 290 g/mol. The van der Waals surface area contributed by atoms with Gasteiger partial charge in [-0.15, -0.1) is 0 Å². The molecule has 21 heavy (non-hydrogen) atoms. The number of anilines is 1. The van der Waals surface area contributed by atoms with E-state index in [4.69, 9.17) is 4.74 Å². The number of nitrogens with one attached hydrogen (secondary N) is 1. The summed E-state index contributed by atoms with van der Waals surface area (Å²) in [5, 5.41) is 14.0. The first-order valence-corrected chi connectivity index (χ1v) is 6.32. The van der Waals surface area contributed by atoms with Gasteiger partial charge in [0.1, 0.15) is 17.3 Å². The molecular weight excluding hydrogens is 275 g/mol. The van der Waals surface area contributed by atoms with Crippen molar-refractivity contribution in [3.63, 3.8) is 0 Å². The number of nitrogens with zero attached hydrogens (tertiary/aromatic N) is 1. The Labute approximate surface area is 121 Å². The minimum atomic E-state index is -0.471. The standard InChI is InChI=1S/C15H15FN2O3/c1-10-7-11(3-5-13(10)16)9-17-14-6-4-12(21-2)8-15(14)18(19)20/h3-8,17H,9H2,1-2H3. The Morgan fingerprint density at radius 3 is 2.67 bits per heavy atom. The zero-order valence-corrected chi connectivity index (χ0v) is 11.7. The highest BCUT2D eigenvalue weighted by atomic mass is 19.1. The lowest BCUT2D eigenvalue weighted by molar-refractivity contribution is -0.384. The molecule has 110 valence electrons. The molecule has 0 spiro atoms. The number of methoxy groups -OCH3 is 1. The number of hydrogen-bond donors (Lipinski definition) is 1. The van der Waals surface area contributed by atoms with Crippen molar-refractivity contribution >= 4 is 11.4 Å². The van der Waals surface area contributed by atoms with Gasteiger partial charge in [0.05, 0.1) is 18.1 Å². The van der Waals surface area contributed by atoms with Gasteiger partial charge in [0.15, 0.2) is 0 Å². The van der Waals surface area contributed by atoms with E-state index in [1.807, 2.05) is 0 Å². The zero-order valence-electron chi connectivity index (χ0n) is 11.7. The van der Waals surface area contributed by atoms with E-state index in [1.165, 1.54) is 19.2 Å². The second-order valence-electron chi connectivity index (χ2n) is 4.58. The molecule has 0 aliphatic carbocycles. The first-order valence-electron chi connectivity index (χ1n) is 6.32. The van der Waals surface area contributed by atoms with Crippen LogP contribution in [-0.4, -0.2) is 12.0 Å². The molecule has 2 aromatic carbocycles. The van der Waals surface area contributed by atoms with Gasteiger partial charge in [0, 0.05) is 6.54 Å². The van der Waals surface area contributed by atoms with Crippen molar-refractivity contribution in [2.45, 2.75) is 13.5 Å². The summed E-state index contributed by atoms with van der Waals surface area (Å²) in [4.78, 5) is 10.6. The van der Waals surface area contributed by atoms with Crippen LogP contribution in [0.5, 0.6) is 5.75 Å². The fourth-order valence-corrected chi connectivity index (χ4v) is 1.95. The van der Waals surface area contributed by atoms with Crippen molar-refractivity contribution in [1.82, 2.24) is 0 Å². The van der Waals surface area contributed by atoms with Crippen molar-refractivity contribution < 1.29 is 14.1 Å². The highest BCUT2D eigenvalue weighted by molar-refractivity contribution is 5.64. The minimum Gasteiger partial charge on any atom is -0.496 e. The maximum absolute atomic E-state index is 13.2. The number of nitro groups is 1. The molecule has 5 nitrogen and oxygen atoms in total. The third kappa shape index (κ3) is 3.47. The molecule has 0 aromatic heterocycles. The van der Waals surface area contributed by atoms with E-state index < -0.39 is 4.92 Å². The molecule has 0 unspecified atom stereocenters. The second kappa shape index (κ2) is 6.21. The summed E-state index contributed by atoms with van der Waals surface area (Å²) in [5.74, 6) is 0.152. The molecule has 0 bridgehead atoms. The van der Waals surface area contributed by atoms with Crippen molar-refractivity contribution in [3.8, 4) is 5.75 Å². The van der Waals surface area contributed by atoms with Gasteiger partial charge in [-0.1, -0.05) is 12.1 Å². The molecule has 1 N–H and O–H groups in total. The molecule has 2 aromatic rings. The third-order valence-electron chi connectivity index (χ3n) is 3.11. The lowest BCUT2D eigenvalue weighted by Gasteiger charge is -2.09. The van der Waals surface area contributed by atoms with Crippen LogP contribution in [0.2, 0.25) is 0 Å². The Kier molecular flexibility index (Phi) is 4.37. The van der Waals surface area contributed by atoms with E-state index in [-0.39, 0.29) is 11.5 Å². The maximum Gasteiger partial charge on any atom is 0.296 e. The molecule has 0 radical (unpaired) electrons. The Balaban J connectivity index is 2.19. The molecule has 0 aliphatic rings. The smallest absolute Gasteiger partial charge is 0.296 e. The SMILES string of the molecule is COc1ccc(NCc2ccc(F)c(C)c2)c([N+](=O)[O-])c1. The number of hydrogen-bond acceptors (Lipinski definition) is 4. The van der Waals surface area contributed by atoms with Gasteiger partial charge in [0.25, 0.3) is 5.69 Å². The summed E-state index contributed by atoms with van der Waals surface area (Å²) < 4.78 is 18.2. The quantitative estimate of drug-likeness (QED) is 0.674. The molecule has 2 rings (SSSR count). The molecule has 6 heteroatoms. The maximum atomic E-state index is 13.2. The van der Waals surface area contributed by atoms with E-state index in [1.54, 1.807) is 31.2 Å². The van der Waals surface area contributed by atoms with Crippen LogP contribution < -0.4 is 10.1 Å². The molecule has 0 atom stereocenters. The number of aryl methyl sites for hydroxylation is 1. The van der Waals surface area contributed by atoms with Gasteiger partial charge in [-0.25, -0.2) is 4.39 Å². The fourth-order valence-electron chi connectivity index (χ4n) is 1.95. The molecule has 0 heterocycles. The topological polar surface area (TPSA) is 64.4 Å². The van der Waals surface area contributed by atoms with Gasteiger partial charge >= 0.3 is 0 Å². The molecular formula is C15H15FN2O3. The van der Waals surface area contributed by atoms with Crippen LogP contribution in [0, 0.1) is 22.9 Å². The highest BCUT2D eigenvalue weighted by Crippen LogP contribution is 2.29. The van der Waals surface area contributed by atoms with Gasteiger partial charge in [0.2, 0.25) is 0 Å². The lowest BCUT2D eigenvalue weighted by atomic mass is 10.1. The predicted molar refractivity (Wildman–Crippen MR) is 78.1 cm³/mol. The Morgan fingerprint density at radius 2 is 2.05 bits per heavy atom. The minimum absolute atomic E-state index is 0.0619. The van der Waals surface area contributed by atoms with Gasteiger partial charge < -0.3 is 10.1 Å². The van der Waals surface area contributed by atoms with Crippen LogP contribution >= 0.6 is 0 Å². The van der Waals surface area contributed by atoms with Gasteiger partial charge in [-0.3, -0.25) is 10.1 Å². The van der Waals surface area contributed by atoms with E-state index in [0.717, 1.165) is 5.56 Å². The van der Waals surface area contributed by atoms with Crippen LogP contribution in [0.15, 0.2) is 36.4 Å². The molecule has 0 aliphatic heterocycles. The van der Waals surface area contributed by atoms with E-state index >= 15 is 0 Å². The largest absolute Gasteiger partial charge is 0.496 e. The molecule has 0 saturated carbocycles. The molecule has 0 fully saturated rings. The summed E-state index contributed by atoms with van der Waals surface area (Å²) in [6.45, 7) is 2.04. The average molecular weight is 290 g/mol. The van der Waals surface area contributed by atoms with Crippen molar-refractivity contribution in [1.29, 1.82) is 0 Å². The average Bonchev–Trinajstić information content (AvgIpc) is 2.48. The summed E-state index contributed by atoms with van der Waals surface area (Å²) in [6.07, 6.45) is 0. The number of rotatable bonds is 5. The number of halogens is 1. The number of nitro benzene ring substituents is 1. The molecule has 0 saturated heterocycles. The van der Waals surface area contributed by atoms with Crippen LogP contribution in [0.4, 0.5) is 15.8 Å². The number of benzene rings is 2. The van der Waals surface area contributed by atoms with Crippen LogP contribution in [-0.2, 0) is 6.54 Å². The van der Waals surface area contributed by atoms with Crippen LogP contribution in [0.1, 0.15) is 11.1 Å². The molecule has 0 amide bonds. The van der Waals surface area contributed by atoms with E-state index in [2.05, 4.69) is 5.32 Å². The summed E-state index contributed by atoms with van der Waals surface area (Å²) >= 11 is 0. The first kappa shape index (κ1) is 14.8.